The van der Waals surface area contributed by atoms with Gasteiger partial charge in [0.05, 0.1) is 5.92 Å². The molecule has 0 bridgehead atoms. The lowest BCUT2D eigenvalue weighted by atomic mass is 9.80. The smallest absolute Gasteiger partial charge is 0.309 e. The molecule has 1 aliphatic carbocycles. The van der Waals surface area contributed by atoms with Gasteiger partial charge in [-0.2, -0.15) is 0 Å². The first kappa shape index (κ1) is 17.5. The zero-order chi connectivity index (χ0) is 16.7. The van der Waals surface area contributed by atoms with E-state index in [1.54, 1.807) is 13.0 Å². The summed E-state index contributed by atoms with van der Waals surface area (Å²) in [5, 5.41) is 6.19. The number of nitrogens with zero attached hydrogens (tertiary/aromatic N) is 1. The number of aromatic nitrogens is 1. The number of hydrogen-bond acceptors (Lipinski definition) is 5. The first-order chi connectivity index (χ1) is 11.1. The predicted molar refractivity (Wildman–Crippen MR) is 85.8 cm³/mol. The molecule has 2 rings (SSSR count). The fraction of sp³-hybridized carbons (Fsp3) is 0.706. The highest BCUT2D eigenvalue weighted by atomic mass is 16.5. The maximum absolute atomic E-state index is 12.0. The Hall–Kier alpha value is -1.85. The Balaban J connectivity index is 1.66. The van der Waals surface area contributed by atoms with E-state index in [4.69, 9.17) is 9.26 Å². The van der Waals surface area contributed by atoms with E-state index in [1.807, 2.05) is 0 Å². The zero-order valence-corrected chi connectivity index (χ0v) is 14.0. The minimum absolute atomic E-state index is 0.0602. The van der Waals surface area contributed by atoms with Gasteiger partial charge in [-0.3, -0.25) is 9.59 Å². The molecular formula is C17H26N2O4. The number of amides is 1. The van der Waals surface area contributed by atoms with Crippen LogP contribution in [0.5, 0.6) is 0 Å². The Kier molecular flexibility index (Phi) is 6.62. The van der Waals surface area contributed by atoms with Crippen LogP contribution in [0.3, 0.4) is 0 Å². The lowest BCUT2D eigenvalue weighted by Crippen LogP contribution is -2.27. The second-order valence-corrected chi connectivity index (χ2v) is 6.34. The monoisotopic (exact) mass is 322 g/mol. The van der Waals surface area contributed by atoms with Crippen LogP contribution in [0.4, 0.5) is 5.82 Å². The summed E-state index contributed by atoms with van der Waals surface area (Å²) in [5.41, 5.74) is 0. The van der Waals surface area contributed by atoms with Gasteiger partial charge in [0.1, 0.15) is 5.76 Å². The molecule has 1 aliphatic rings. The molecule has 1 amide bonds. The Labute approximate surface area is 136 Å². The molecule has 0 unspecified atom stereocenters. The van der Waals surface area contributed by atoms with Crippen LogP contribution in [0.15, 0.2) is 10.6 Å². The molecule has 1 N–H and O–H groups in total. The topological polar surface area (TPSA) is 81.4 Å². The first-order valence-corrected chi connectivity index (χ1v) is 8.48. The summed E-state index contributed by atoms with van der Waals surface area (Å²) in [6, 6.07) is 1.61. The van der Waals surface area contributed by atoms with Crippen molar-refractivity contribution < 1.29 is 18.8 Å². The molecule has 0 radical (unpaired) electrons. The van der Waals surface area contributed by atoms with E-state index in [0.717, 1.165) is 31.6 Å². The molecule has 6 nitrogen and oxygen atoms in total. The number of carbonyl (C=O) groups excluding carboxylic acids is 2. The minimum atomic E-state index is -0.400. The molecule has 23 heavy (non-hydrogen) atoms. The summed E-state index contributed by atoms with van der Waals surface area (Å²) in [7, 11) is 0. The number of unbranched alkanes of at least 4 members (excludes halogenated alkanes) is 1. The number of anilines is 1. The van der Waals surface area contributed by atoms with Gasteiger partial charge in [-0.25, -0.2) is 0 Å². The number of rotatable bonds is 7. The van der Waals surface area contributed by atoms with E-state index in [0.29, 0.717) is 11.6 Å². The van der Waals surface area contributed by atoms with Crippen molar-refractivity contribution in [3.63, 3.8) is 0 Å². The van der Waals surface area contributed by atoms with Crippen LogP contribution in [0.2, 0.25) is 0 Å². The van der Waals surface area contributed by atoms with Crippen molar-refractivity contribution in [2.45, 2.75) is 58.8 Å². The number of hydrogen-bond donors (Lipinski definition) is 1. The standard InChI is InChI=1S/C17H26N2O4/c1-3-4-5-13-6-8-14(9-7-13)17(21)22-11-16(20)18-15-10-12(2)23-19-15/h10,13-14H,3-9,11H2,1-2H3,(H,18,19,20). The van der Waals surface area contributed by atoms with Gasteiger partial charge in [0.2, 0.25) is 0 Å². The van der Waals surface area contributed by atoms with Gasteiger partial charge < -0.3 is 14.6 Å². The second-order valence-electron chi connectivity index (χ2n) is 6.34. The number of nitrogens with one attached hydrogen (secondary N) is 1. The average molecular weight is 322 g/mol. The fourth-order valence-electron chi connectivity index (χ4n) is 3.04. The van der Waals surface area contributed by atoms with Gasteiger partial charge in [-0.1, -0.05) is 31.3 Å². The van der Waals surface area contributed by atoms with Crippen LogP contribution in [-0.4, -0.2) is 23.6 Å². The molecule has 1 saturated carbocycles. The summed E-state index contributed by atoms with van der Waals surface area (Å²) in [4.78, 5) is 23.8. The molecule has 0 spiro atoms. The quantitative estimate of drug-likeness (QED) is 0.777. The maximum Gasteiger partial charge on any atom is 0.309 e. The van der Waals surface area contributed by atoms with Gasteiger partial charge in [0.25, 0.3) is 5.91 Å². The van der Waals surface area contributed by atoms with Gasteiger partial charge in [-0.15, -0.1) is 0 Å². The molecular weight excluding hydrogens is 296 g/mol. The molecule has 0 aromatic carbocycles. The summed E-state index contributed by atoms with van der Waals surface area (Å²) in [5.74, 6) is 0.971. The number of ether oxygens (including phenoxy) is 1. The highest BCUT2D eigenvalue weighted by Crippen LogP contribution is 2.32. The van der Waals surface area contributed by atoms with Crippen LogP contribution < -0.4 is 5.32 Å². The van der Waals surface area contributed by atoms with E-state index >= 15 is 0 Å². The van der Waals surface area contributed by atoms with Crippen molar-refractivity contribution in [3.05, 3.63) is 11.8 Å². The van der Waals surface area contributed by atoms with Crippen LogP contribution in [0, 0.1) is 18.8 Å². The lowest BCUT2D eigenvalue weighted by molar-refractivity contribution is -0.152. The van der Waals surface area contributed by atoms with E-state index in [2.05, 4.69) is 17.4 Å². The maximum atomic E-state index is 12.0. The third-order valence-corrected chi connectivity index (χ3v) is 4.39. The fourth-order valence-corrected chi connectivity index (χ4v) is 3.04. The molecule has 1 fully saturated rings. The highest BCUT2D eigenvalue weighted by Gasteiger charge is 2.27. The third-order valence-electron chi connectivity index (χ3n) is 4.39. The predicted octanol–water partition coefficient (Wildman–Crippen LogP) is 3.46. The van der Waals surface area contributed by atoms with Crippen molar-refractivity contribution >= 4 is 17.7 Å². The SMILES string of the molecule is CCCCC1CCC(C(=O)OCC(=O)Nc2cc(C)on2)CC1. The second kappa shape index (κ2) is 8.70. The first-order valence-electron chi connectivity index (χ1n) is 8.48. The largest absolute Gasteiger partial charge is 0.455 e. The Morgan fingerprint density at radius 1 is 1.35 bits per heavy atom. The highest BCUT2D eigenvalue weighted by molar-refractivity contribution is 5.92. The van der Waals surface area contributed by atoms with Gasteiger partial charge in [0, 0.05) is 6.07 Å². The Bertz CT molecular complexity index is 518. The Morgan fingerprint density at radius 3 is 2.70 bits per heavy atom. The van der Waals surface area contributed by atoms with Crippen LogP contribution in [-0.2, 0) is 14.3 Å². The molecule has 0 saturated heterocycles. The van der Waals surface area contributed by atoms with Crippen LogP contribution in [0.25, 0.3) is 0 Å². The van der Waals surface area contributed by atoms with Crippen LogP contribution in [0.1, 0.15) is 57.6 Å². The van der Waals surface area contributed by atoms with Crippen molar-refractivity contribution in [3.8, 4) is 0 Å². The number of aryl methyl sites for hydroxylation is 1. The van der Waals surface area contributed by atoms with Crippen LogP contribution >= 0.6 is 0 Å². The normalized spacial score (nSPS) is 21.0. The van der Waals surface area contributed by atoms with E-state index in [-0.39, 0.29) is 18.5 Å². The summed E-state index contributed by atoms with van der Waals surface area (Å²) < 4.78 is 9.98. The van der Waals surface area contributed by atoms with Crippen molar-refractivity contribution in [2.75, 3.05) is 11.9 Å². The average Bonchev–Trinajstić information content (AvgIpc) is 2.96. The van der Waals surface area contributed by atoms with Crippen molar-refractivity contribution in [1.29, 1.82) is 0 Å². The van der Waals surface area contributed by atoms with Gasteiger partial charge in [0.15, 0.2) is 12.4 Å². The van der Waals surface area contributed by atoms with Gasteiger partial charge >= 0.3 is 5.97 Å². The molecule has 1 aromatic heterocycles. The molecule has 0 atom stereocenters. The zero-order valence-electron chi connectivity index (χ0n) is 14.0. The molecule has 6 heteroatoms. The summed E-state index contributed by atoms with van der Waals surface area (Å²) >= 11 is 0. The lowest BCUT2D eigenvalue weighted by Gasteiger charge is -2.27. The minimum Gasteiger partial charge on any atom is -0.455 e. The number of carbonyl (C=O) groups is 2. The molecule has 1 aromatic rings. The summed E-state index contributed by atoms with van der Waals surface area (Å²) in [6.45, 7) is 3.66. The van der Waals surface area contributed by atoms with Crippen molar-refractivity contribution in [1.82, 2.24) is 5.16 Å². The van der Waals surface area contributed by atoms with Crippen molar-refractivity contribution in [2.24, 2.45) is 11.8 Å². The summed E-state index contributed by atoms with van der Waals surface area (Å²) in [6.07, 6.45) is 7.67. The van der Waals surface area contributed by atoms with E-state index in [9.17, 15) is 9.59 Å². The van der Waals surface area contributed by atoms with E-state index in [1.165, 1.54) is 19.3 Å². The van der Waals surface area contributed by atoms with E-state index < -0.39 is 5.91 Å². The van der Waals surface area contributed by atoms with Gasteiger partial charge in [-0.05, 0) is 38.5 Å². The molecule has 0 aliphatic heterocycles. The molecule has 128 valence electrons. The third kappa shape index (κ3) is 5.69. The molecule has 1 heterocycles. The number of esters is 1. The Morgan fingerprint density at radius 2 is 2.09 bits per heavy atom.